The lowest BCUT2D eigenvalue weighted by atomic mass is 9.89. The largest absolute Gasteiger partial charge is 0.457 e. The van der Waals surface area contributed by atoms with E-state index in [4.69, 9.17) is 4.74 Å². The summed E-state index contributed by atoms with van der Waals surface area (Å²) in [5, 5.41) is 6.57. The van der Waals surface area contributed by atoms with E-state index in [0.717, 1.165) is 51.0 Å². The van der Waals surface area contributed by atoms with Gasteiger partial charge < -0.3 is 15.4 Å². The Labute approximate surface area is 221 Å². The number of sulfonamides is 1. The summed E-state index contributed by atoms with van der Waals surface area (Å²) in [4.78, 5) is 14.7. The van der Waals surface area contributed by atoms with Crippen LogP contribution in [0.15, 0.2) is 48.5 Å². The zero-order valence-electron chi connectivity index (χ0n) is 21.7. The fraction of sp³-hybridized carbons (Fsp3) is 0.536. The molecule has 0 aromatic heterocycles. The first-order valence-electron chi connectivity index (χ1n) is 13.4. The Balaban J connectivity index is 1.13. The number of piperidine rings is 1. The first kappa shape index (κ1) is 27.4. The Hall–Kier alpha value is -2.62. The minimum absolute atomic E-state index is 0.122. The summed E-state index contributed by atoms with van der Waals surface area (Å²) < 4.78 is 31.0. The van der Waals surface area contributed by atoms with Gasteiger partial charge in [-0.2, -0.15) is 0 Å². The summed E-state index contributed by atoms with van der Waals surface area (Å²) in [7, 11) is -3.30. The molecule has 1 saturated heterocycles. The molecule has 2 aliphatic rings. The van der Waals surface area contributed by atoms with Crippen molar-refractivity contribution in [3.63, 3.8) is 0 Å². The molecular formula is C28H40N4O4S. The third-order valence-electron chi connectivity index (χ3n) is 7.17. The molecule has 0 bridgehead atoms. The SMILES string of the molecule is CS(=O)(=O)Nc1ccc(Oc2ccc(CN3CCC(NCC(=O)NCC4CCCCC4)CC3)cc2)cc1. The molecule has 4 rings (SSSR count). The van der Waals surface area contributed by atoms with Crippen LogP contribution in [0.3, 0.4) is 0 Å². The molecule has 37 heavy (non-hydrogen) atoms. The second-order valence-corrected chi connectivity index (χ2v) is 12.1. The highest BCUT2D eigenvalue weighted by molar-refractivity contribution is 7.92. The number of carbonyl (C=O) groups is 1. The quantitative estimate of drug-likeness (QED) is 0.406. The van der Waals surface area contributed by atoms with Crippen LogP contribution in [0.2, 0.25) is 0 Å². The van der Waals surface area contributed by atoms with Crippen molar-refractivity contribution >= 4 is 21.6 Å². The van der Waals surface area contributed by atoms with Crippen LogP contribution in [0.5, 0.6) is 11.5 Å². The maximum absolute atomic E-state index is 12.2. The van der Waals surface area contributed by atoms with Crippen molar-refractivity contribution in [2.24, 2.45) is 5.92 Å². The molecule has 2 aromatic carbocycles. The van der Waals surface area contributed by atoms with Crippen LogP contribution in [0.25, 0.3) is 0 Å². The van der Waals surface area contributed by atoms with E-state index in [0.29, 0.717) is 29.9 Å². The molecule has 202 valence electrons. The van der Waals surface area contributed by atoms with Crippen LogP contribution >= 0.6 is 0 Å². The van der Waals surface area contributed by atoms with Crippen molar-refractivity contribution < 1.29 is 17.9 Å². The highest BCUT2D eigenvalue weighted by atomic mass is 32.2. The summed E-state index contributed by atoms with van der Waals surface area (Å²) in [6, 6.07) is 15.3. The van der Waals surface area contributed by atoms with Crippen molar-refractivity contribution in [1.29, 1.82) is 0 Å². The predicted octanol–water partition coefficient (Wildman–Crippen LogP) is 4.10. The van der Waals surface area contributed by atoms with Gasteiger partial charge in [-0.05, 0) is 86.7 Å². The van der Waals surface area contributed by atoms with E-state index in [1.54, 1.807) is 24.3 Å². The van der Waals surface area contributed by atoms with Gasteiger partial charge in [-0.1, -0.05) is 31.4 Å². The van der Waals surface area contributed by atoms with E-state index in [-0.39, 0.29) is 5.91 Å². The molecule has 3 N–H and O–H groups in total. The van der Waals surface area contributed by atoms with E-state index >= 15 is 0 Å². The molecule has 2 fully saturated rings. The molecule has 0 radical (unpaired) electrons. The van der Waals surface area contributed by atoms with Gasteiger partial charge in [0.1, 0.15) is 11.5 Å². The molecule has 9 heteroatoms. The summed E-state index contributed by atoms with van der Waals surface area (Å²) in [6.45, 7) is 4.15. The van der Waals surface area contributed by atoms with Gasteiger partial charge in [-0.3, -0.25) is 14.4 Å². The third-order valence-corrected chi connectivity index (χ3v) is 7.78. The lowest BCUT2D eigenvalue weighted by molar-refractivity contribution is -0.120. The van der Waals surface area contributed by atoms with Crippen LogP contribution < -0.4 is 20.1 Å². The van der Waals surface area contributed by atoms with Gasteiger partial charge in [0.25, 0.3) is 0 Å². The van der Waals surface area contributed by atoms with Gasteiger partial charge in [0.2, 0.25) is 15.9 Å². The number of rotatable bonds is 11. The minimum Gasteiger partial charge on any atom is -0.457 e. The molecule has 1 saturated carbocycles. The number of nitrogens with one attached hydrogen (secondary N) is 3. The van der Waals surface area contributed by atoms with E-state index in [1.807, 2.05) is 12.1 Å². The molecule has 1 aliphatic carbocycles. The number of likely N-dealkylation sites (tertiary alicyclic amines) is 1. The number of ether oxygens (including phenoxy) is 1. The number of hydrogen-bond donors (Lipinski definition) is 3. The molecule has 0 atom stereocenters. The molecule has 1 heterocycles. The van der Waals surface area contributed by atoms with E-state index in [9.17, 15) is 13.2 Å². The standard InChI is InChI=1S/C28H40N4O4S/c1-37(34,35)31-25-9-13-27(14-10-25)36-26-11-7-23(8-12-26)21-32-17-15-24(16-18-32)29-20-28(33)30-19-22-5-3-2-4-6-22/h7-14,22,24,29,31H,2-6,15-21H2,1H3,(H,30,33). The zero-order chi connectivity index (χ0) is 26.1. The monoisotopic (exact) mass is 528 g/mol. The molecule has 8 nitrogen and oxygen atoms in total. The Morgan fingerprint density at radius 2 is 1.54 bits per heavy atom. The minimum atomic E-state index is -3.30. The topological polar surface area (TPSA) is 99.8 Å². The van der Waals surface area contributed by atoms with Crippen LogP contribution in [-0.2, 0) is 21.4 Å². The van der Waals surface area contributed by atoms with E-state index < -0.39 is 10.0 Å². The van der Waals surface area contributed by atoms with Gasteiger partial charge in [-0.25, -0.2) is 8.42 Å². The maximum atomic E-state index is 12.2. The van der Waals surface area contributed by atoms with Gasteiger partial charge in [0.15, 0.2) is 0 Å². The number of hydrogen-bond acceptors (Lipinski definition) is 6. The van der Waals surface area contributed by atoms with Crippen LogP contribution in [0, 0.1) is 5.92 Å². The van der Waals surface area contributed by atoms with Crippen LogP contribution in [-0.4, -0.2) is 57.7 Å². The average Bonchev–Trinajstić information content (AvgIpc) is 2.89. The summed E-state index contributed by atoms with van der Waals surface area (Å²) in [6.07, 6.45) is 9.66. The second-order valence-electron chi connectivity index (χ2n) is 10.4. The number of nitrogens with zero attached hydrogens (tertiary/aromatic N) is 1. The Morgan fingerprint density at radius 1 is 0.919 bits per heavy atom. The molecule has 0 spiro atoms. The molecule has 1 aliphatic heterocycles. The van der Waals surface area contributed by atoms with Crippen molar-refractivity contribution in [3.05, 3.63) is 54.1 Å². The van der Waals surface area contributed by atoms with Crippen molar-refractivity contribution in [1.82, 2.24) is 15.5 Å². The van der Waals surface area contributed by atoms with Gasteiger partial charge in [0.05, 0.1) is 12.8 Å². The fourth-order valence-electron chi connectivity index (χ4n) is 5.11. The van der Waals surface area contributed by atoms with E-state index in [2.05, 4.69) is 32.4 Å². The Bertz CT molecular complexity index is 1090. The maximum Gasteiger partial charge on any atom is 0.233 e. The first-order valence-corrected chi connectivity index (χ1v) is 15.3. The van der Waals surface area contributed by atoms with Crippen molar-refractivity contribution in [2.45, 2.75) is 57.5 Å². The van der Waals surface area contributed by atoms with Crippen LogP contribution in [0.4, 0.5) is 5.69 Å². The lowest BCUT2D eigenvalue weighted by Gasteiger charge is -2.32. The number of amides is 1. The fourth-order valence-corrected chi connectivity index (χ4v) is 5.67. The number of benzene rings is 2. The zero-order valence-corrected chi connectivity index (χ0v) is 22.6. The first-order chi connectivity index (χ1) is 17.8. The highest BCUT2D eigenvalue weighted by Crippen LogP contribution is 2.25. The Kier molecular flexibility index (Phi) is 9.82. The van der Waals surface area contributed by atoms with Crippen molar-refractivity contribution in [2.75, 3.05) is 37.2 Å². The third kappa shape index (κ3) is 9.64. The van der Waals surface area contributed by atoms with Crippen molar-refractivity contribution in [3.8, 4) is 11.5 Å². The van der Waals surface area contributed by atoms with Gasteiger partial charge in [-0.15, -0.1) is 0 Å². The van der Waals surface area contributed by atoms with E-state index in [1.165, 1.54) is 37.7 Å². The predicted molar refractivity (Wildman–Crippen MR) is 147 cm³/mol. The average molecular weight is 529 g/mol. The molecule has 1 amide bonds. The van der Waals surface area contributed by atoms with Crippen LogP contribution in [0.1, 0.15) is 50.5 Å². The summed E-state index contributed by atoms with van der Waals surface area (Å²) in [5.74, 6) is 2.16. The highest BCUT2D eigenvalue weighted by Gasteiger charge is 2.20. The second kappa shape index (κ2) is 13.3. The summed E-state index contributed by atoms with van der Waals surface area (Å²) >= 11 is 0. The normalized spacial score (nSPS) is 17.9. The number of anilines is 1. The smallest absolute Gasteiger partial charge is 0.233 e. The number of carbonyl (C=O) groups excluding carboxylic acids is 1. The molecular weight excluding hydrogens is 488 g/mol. The van der Waals surface area contributed by atoms with Gasteiger partial charge in [0, 0.05) is 24.8 Å². The summed E-state index contributed by atoms with van der Waals surface area (Å²) in [5.41, 5.74) is 1.73. The lowest BCUT2D eigenvalue weighted by Crippen LogP contribution is -2.46. The Morgan fingerprint density at radius 3 is 2.16 bits per heavy atom. The molecule has 2 aromatic rings. The molecule has 0 unspecified atom stereocenters. The van der Waals surface area contributed by atoms with Gasteiger partial charge >= 0.3 is 0 Å².